The summed E-state index contributed by atoms with van der Waals surface area (Å²) < 4.78 is 0. The molecule has 0 bridgehead atoms. The van der Waals surface area contributed by atoms with Crippen LogP contribution in [0.2, 0.25) is 0 Å². The van der Waals surface area contributed by atoms with Gasteiger partial charge in [-0.05, 0) is 38.4 Å². The van der Waals surface area contributed by atoms with Crippen LogP contribution in [0.15, 0.2) is 35.8 Å². The van der Waals surface area contributed by atoms with Crippen molar-refractivity contribution in [3.05, 3.63) is 52.0 Å². The number of hydrogen-bond acceptors (Lipinski definition) is 4. The number of halogens is 2. The highest BCUT2D eigenvalue weighted by Gasteiger charge is 2.22. The minimum Gasteiger partial charge on any atom is -0.317 e. The molecule has 0 amide bonds. The van der Waals surface area contributed by atoms with Crippen molar-refractivity contribution in [2.75, 3.05) is 13.1 Å². The van der Waals surface area contributed by atoms with Crippen LogP contribution < -0.4 is 5.32 Å². The Hall–Kier alpha value is -0.650. The molecule has 2 heterocycles. The number of thiazole rings is 1. The normalized spacial score (nSPS) is 15.0. The van der Waals surface area contributed by atoms with Gasteiger partial charge in [0.25, 0.3) is 0 Å². The summed E-state index contributed by atoms with van der Waals surface area (Å²) in [6.45, 7) is 6.45. The summed E-state index contributed by atoms with van der Waals surface area (Å²) in [4.78, 5) is 8.44. The lowest BCUT2D eigenvalue weighted by molar-refractivity contribution is 0.147. The van der Waals surface area contributed by atoms with E-state index in [1.807, 2.05) is 5.51 Å². The Labute approximate surface area is 155 Å². The molecule has 0 unspecified atom stereocenters. The van der Waals surface area contributed by atoms with E-state index in [-0.39, 0.29) is 24.8 Å². The average Bonchev–Trinajstić information content (AvgIpc) is 2.94. The van der Waals surface area contributed by atoms with Gasteiger partial charge in [-0.1, -0.05) is 30.3 Å². The quantitative estimate of drug-likeness (QED) is 0.856. The molecule has 1 fully saturated rings. The molecule has 0 saturated carbocycles. The van der Waals surface area contributed by atoms with Crippen molar-refractivity contribution >= 4 is 36.2 Å². The Bertz CT molecular complexity index is 556. The fourth-order valence-corrected chi connectivity index (χ4v) is 3.77. The molecule has 0 spiro atoms. The molecule has 0 atom stereocenters. The minimum atomic E-state index is 0. The second-order valence-corrected chi connectivity index (χ2v) is 6.67. The van der Waals surface area contributed by atoms with E-state index >= 15 is 0 Å². The van der Waals surface area contributed by atoms with Crippen LogP contribution in [0.5, 0.6) is 0 Å². The summed E-state index contributed by atoms with van der Waals surface area (Å²) in [6, 6.07) is 11.5. The first kappa shape index (κ1) is 20.4. The molecule has 0 aliphatic carbocycles. The Balaban J connectivity index is 0.00000132. The maximum absolute atomic E-state index is 4.40. The number of aryl methyl sites for hydroxylation is 1. The first-order valence-corrected chi connectivity index (χ1v) is 8.58. The molecule has 1 aromatic carbocycles. The zero-order chi connectivity index (χ0) is 14.5. The molecule has 128 valence electrons. The van der Waals surface area contributed by atoms with Crippen LogP contribution in [-0.2, 0) is 13.1 Å². The fraction of sp³-hybridized carbons (Fsp3) is 0.471. The highest BCUT2D eigenvalue weighted by Crippen LogP contribution is 2.22. The van der Waals surface area contributed by atoms with E-state index in [0.29, 0.717) is 6.04 Å². The lowest BCUT2D eigenvalue weighted by Gasteiger charge is -2.34. The number of nitrogens with zero attached hydrogens (tertiary/aromatic N) is 2. The first-order chi connectivity index (χ1) is 10.3. The van der Waals surface area contributed by atoms with E-state index in [1.54, 1.807) is 11.3 Å². The van der Waals surface area contributed by atoms with Gasteiger partial charge in [0.15, 0.2) is 0 Å². The molecule has 2 aromatic rings. The lowest BCUT2D eigenvalue weighted by Crippen LogP contribution is -2.42. The summed E-state index contributed by atoms with van der Waals surface area (Å²) >= 11 is 1.78. The number of nitrogens with one attached hydrogen (secondary N) is 1. The van der Waals surface area contributed by atoms with E-state index in [9.17, 15) is 0 Å². The van der Waals surface area contributed by atoms with Crippen LogP contribution in [0.3, 0.4) is 0 Å². The monoisotopic (exact) mass is 373 g/mol. The number of aromatic nitrogens is 1. The largest absolute Gasteiger partial charge is 0.317 e. The Morgan fingerprint density at radius 1 is 1.13 bits per heavy atom. The number of rotatable bonds is 5. The van der Waals surface area contributed by atoms with Crippen molar-refractivity contribution in [1.29, 1.82) is 0 Å². The summed E-state index contributed by atoms with van der Waals surface area (Å²) in [5, 5.41) is 3.47. The smallest absolute Gasteiger partial charge is 0.0798 e. The van der Waals surface area contributed by atoms with Crippen molar-refractivity contribution in [3.63, 3.8) is 0 Å². The molecule has 1 aliphatic rings. The van der Waals surface area contributed by atoms with Crippen molar-refractivity contribution in [3.8, 4) is 0 Å². The maximum atomic E-state index is 4.40. The zero-order valence-corrected chi connectivity index (χ0v) is 15.9. The molecule has 1 N–H and O–H groups in total. The van der Waals surface area contributed by atoms with E-state index in [4.69, 9.17) is 0 Å². The number of piperidine rings is 1. The molecular formula is C17H25Cl2N3S. The molecule has 3 nitrogen and oxygen atoms in total. The van der Waals surface area contributed by atoms with Crippen molar-refractivity contribution in [1.82, 2.24) is 15.2 Å². The predicted octanol–water partition coefficient (Wildman–Crippen LogP) is 4.05. The van der Waals surface area contributed by atoms with Crippen molar-refractivity contribution < 1.29 is 0 Å². The molecule has 0 radical (unpaired) electrons. The first-order valence-electron chi connectivity index (χ1n) is 7.70. The molecule has 6 heteroatoms. The second-order valence-electron chi connectivity index (χ2n) is 5.73. The second kappa shape index (κ2) is 10.3. The van der Waals surface area contributed by atoms with Crippen LogP contribution in [0.25, 0.3) is 0 Å². The van der Waals surface area contributed by atoms with Crippen molar-refractivity contribution in [2.45, 2.75) is 38.9 Å². The van der Waals surface area contributed by atoms with Crippen LogP contribution in [-0.4, -0.2) is 29.0 Å². The molecule has 1 aromatic heterocycles. The van der Waals surface area contributed by atoms with E-state index in [2.05, 4.69) is 52.5 Å². The van der Waals surface area contributed by atoms with Crippen LogP contribution in [0.1, 0.15) is 29.0 Å². The molecule has 23 heavy (non-hydrogen) atoms. The minimum absolute atomic E-state index is 0. The Morgan fingerprint density at radius 3 is 2.43 bits per heavy atom. The Morgan fingerprint density at radius 2 is 1.83 bits per heavy atom. The predicted molar refractivity (Wildman–Crippen MR) is 103 cm³/mol. The lowest BCUT2D eigenvalue weighted by atomic mass is 10.0. The van der Waals surface area contributed by atoms with Gasteiger partial charge in [-0.3, -0.25) is 4.90 Å². The standard InChI is InChI=1S/C17H23N3S.2ClH/c1-14-17(21-13-19-14)12-20(16-7-9-18-10-8-16)11-15-5-3-2-4-6-15;;/h2-6,13,16,18H,7-12H2,1H3;2*1H. The van der Waals surface area contributed by atoms with E-state index in [1.165, 1.54) is 29.0 Å². The SMILES string of the molecule is Cc1ncsc1CN(Cc1ccccc1)C1CCNCC1.Cl.Cl. The van der Waals surface area contributed by atoms with Gasteiger partial charge < -0.3 is 5.32 Å². The van der Waals surface area contributed by atoms with Gasteiger partial charge in [0.2, 0.25) is 0 Å². The van der Waals surface area contributed by atoms with Crippen molar-refractivity contribution in [2.24, 2.45) is 0 Å². The Kier molecular flexibility index (Phi) is 9.10. The summed E-state index contributed by atoms with van der Waals surface area (Å²) in [5.74, 6) is 0. The summed E-state index contributed by atoms with van der Waals surface area (Å²) in [5.41, 5.74) is 4.55. The van der Waals surface area contributed by atoms with E-state index in [0.717, 1.165) is 26.2 Å². The third-order valence-corrected chi connectivity index (χ3v) is 5.16. The summed E-state index contributed by atoms with van der Waals surface area (Å²) in [6.07, 6.45) is 2.48. The molecule has 1 saturated heterocycles. The van der Waals surface area contributed by atoms with E-state index < -0.39 is 0 Å². The van der Waals surface area contributed by atoms with Crippen LogP contribution in [0, 0.1) is 6.92 Å². The average molecular weight is 374 g/mol. The van der Waals surface area contributed by atoms with Crippen LogP contribution >= 0.6 is 36.2 Å². The topological polar surface area (TPSA) is 28.2 Å². The van der Waals surface area contributed by atoms with Crippen LogP contribution in [0.4, 0.5) is 0 Å². The van der Waals surface area contributed by atoms with Gasteiger partial charge >= 0.3 is 0 Å². The summed E-state index contributed by atoms with van der Waals surface area (Å²) in [7, 11) is 0. The maximum Gasteiger partial charge on any atom is 0.0798 e. The number of benzene rings is 1. The van der Waals surface area contributed by atoms with Gasteiger partial charge in [-0.2, -0.15) is 0 Å². The highest BCUT2D eigenvalue weighted by atomic mass is 35.5. The fourth-order valence-electron chi connectivity index (χ4n) is 2.97. The third-order valence-electron chi connectivity index (χ3n) is 4.25. The third kappa shape index (κ3) is 5.73. The van der Waals surface area contributed by atoms with Gasteiger partial charge in [-0.15, -0.1) is 36.2 Å². The molecule has 1 aliphatic heterocycles. The molecule has 3 rings (SSSR count). The van der Waals surface area contributed by atoms with Gasteiger partial charge in [0, 0.05) is 24.0 Å². The number of hydrogen-bond donors (Lipinski definition) is 1. The van der Waals surface area contributed by atoms with Gasteiger partial charge in [-0.25, -0.2) is 4.98 Å². The van der Waals surface area contributed by atoms with Gasteiger partial charge in [0.05, 0.1) is 11.2 Å². The molecular weight excluding hydrogens is 349 g/mol. The highest BCUT2D eigenvalue weighted by molar-refractivity contribution is 7.09. The van der Waals surface area contributed by atoms with Gasteiger partial charge in [0.1, 0.15) is 0 Å². The zero-order valence-electron chi connectivity index (χ0n) is 13.4.